The summed E-state index contributed by atoms with van der Waals surface area (Å²) < 4.78 is 7.96. The van der Waals surface area contributed by atoms with Crippen LogP contribution in [0.1, 0.15) is 37.7 Å². The van der Waals surface area contributed by atoms with E-state index in [2.05, 4.69) is 10.1 Å². The van der Waals surface area contributed by atoms with E-state index in [4.69, 9.17) is 4.74 Å². The van der Waals surface area contributed by atoms with Gasteiger partial charge in [-0.05, 0) is 30.5 Å². The molecule has 34 heavy (non-hydrogen) atoms. The highest BCUT2D eigenvalue weighted by Crippen LogP contribution is 2.25. The van der Waals surface area contributed by atoms with Crippen LogP contribution >= 0.6 is 0 Å². The average molecular weight is 462 g/mol. The number of pyridine rings is 1. The van der Waals surface area contributed by atoms with Gasteiger partial charge in [0.15, 0.2) is 0 Å². The van der Waals surface area contributed by atoms with Crippen LogP contribution in [0.25, 0.3) is 10.9 Å². The summed E-state index contributed by atoms with van der Waals surface area (Å²) in [6, 6.07) is 11.9. The van der Waals surface area contributed by atoms with E-state index < -0.39 is 0 Å². The molecule has 2 aromatic heterocycles. The largest absolute Gasteiger partial charge is 0.370 e. The fourth-order valence-electron chi connectivity index (χ4n) is 5.06. The van der Waals surface area contributed by atoms with E-state index in [1.807, 2.05) is 41.3 Å². The van der Waals surface area contributed by atoms with E-state index >= 15 is 0 Å². The Morgan fingerprint density at radius 2 is 1.88 bits per heavy atom. The molecule has 8 heteroatoms. The van der Waals surface area contributed by atoms with E-state index in [9.17, 15) is 9.59 Å². The number of rotatable bonds is 6. The van der Waals surface area contributed by atoms with Crippen molar-refractivity contribution in [3.8, 4) is 0 Å². The second-order valence-corrected chi connectivity index (χ2v) is 9.27. The molecule has 5 rings (SSSR count). The predicted octanol–water partition coefficient (Wildman–Crippen LogP) is 3.02. The molecular weight excluding hydrogens is 430 g/mol. The maximum absolute atomic E-state index is 13.3. The SMILES string of the molecule is O=C(Cn1ncc2ccccc21)N1CC(=O)N(C2CCCCC2)CC(OCc2cccnc2)C1. The van der Waals surface area contributed by atoms with Crippen LogP contribution in [-0.4, -0.2) is 68.2 Å². The molecule has 0 N–H and O–H groups in total. The highest BCUT2D eigenvalue weighted by molar-refractivity contribution is 5.86. The van der Waals surface area contributed by atoms with Gasteiger partial charge < -0.3 is 14.5 Å². The Hall–Kier alpha value is -3.26. The van der Waals surface area contributed by atoms with Crippen LogP contribution in [0.4, 0.5) is 0 Å². The van der Waals surface area contributed by atoms with Gasteiger partial charge in [0.05, 0.1) is 31.0 Å². The van der Waals surface area contributed by atoms with Gasteiger partial charge in [-0.2, -0.15) is 5.10 Å². The van der Waals surface area contributed by atoms with Crippen LogP contribution in [-0.2, 0) is 27.5 Å². The van der Waals surface area contributed by atoms with Crippen LogP contribution in [0, 0.1) is 0 Å². The molecule has 1 unspecified atom stereocenters. The molecule has 1 atom stereocenters. The first-order valence-corrected chi connectivity index (χ1v) is 12.2. The Balaban J connectivity index is 1.33. The molecule has 3 aromatic rings. The number of hydrogen-bond donors (Lipinski definition) is 0. The maximum Gasteiger partial charge on any atom is 0.244 e. The summed E-state index contributed by atoms with van der Waals surface area (Å²) in [5.41, 5.74) is 1.88. The topological polar surface area (TPSA) is 80.6 Å². The number of carbonyl (C=O) groups is 2. The van der Waals surface area contributed by atoms with Crippen molar-refractivity contribution >= 4 is 22.7 Å². The lowest BCUT2D eigenvalue weighted by Crippen LogP contribution is -2.46. The maximum atomic E-state index is 13.3. The molecule has 1 aliphatic heterocycles. The lowest BCUT2D eigenvalue weighted by Gasteiger charge is -2.34. The van der Waals surface area contributed by atoms with Crippen molar-refractivity contribution in [3.05, 3.63) is 60.6 Å². The third-order valence-electron chi connectivity index (χ3n) is 6.88. The van der Waals surface area contributed by atoms with Gasteiger partial charge in [0.1, 0.15) is 6.54 Å². The Labute approximate surface area is 199 Å². The second-order valence-electron chi connectivity index (χ2n) is 9.27. The molecule has 0 radical (unpaired) electrons. The lowest BCUT2D eigenvalue weighted by atomic mass is 9.94. The predicted molar refractivity (Wildman–Crippen MR) is 128 cm³/mol. The average Bonchev–Trinajstić information content (AvgIpc) is 3.20. The van der Waals surface area contributed by atoms with Crippen molar-refractivity contribution in [2.45, 2.75) is 57.4 Å². The second kappa shape index (κ2) is 10.3. The Morgan fingerprint density at radius 1 is 1.03 bits per heavy atom. The van der Waals surface area contributed by atoms with Gasteiger partial charge in [-0.15, -0.1) is 0 Å². The molecule has 2 aliphatic rings. The zero-order chi connectivity index (χ0) is 23.3. The van der Waals surface area contributed by atoms with Crippen LogP contribution in [0.2, 0.25) is 0 Å². The van der Waals surface area contributed by atoms with Crippen molar-refractivity contribution in [2.24, 2.45) is 0 Å². The molecule has 2 amide bonds. The first-order valence-electron chi connectivity index (χ1n) is 12.2. The summed E-state index contributed by atoms with van der Waals surface area (Å²) in [5.74, 6) is -0.110. The van der Waals surface area contributed by atoms with Crippen molar-refractivity contribution in [2.75, 3.05) is 19.6 Å². The molecular formula is C26H31N5O3. The summed E-state index contributed by atoms with van der Waals surface area (Å²) in [4.78, 5) is 34.4. The van der Waals surface area contributed by atoms with Gasteiger partial charge in [-0.3, -0.25) is 19.3 Å². The molecule has 8 nitrogen and oxygen atoms in total. The summed E-state index contributed by atoms with van der Waals surface area (Å²) in [6.45, 7) is 1.48. The van der Waals surface area contributed by atoms with Gasteiger partial charge in [0, 0.05) is 36.9 Å². The normalized spacial score (nSPS) is 20.0. The number of nitrogens with zero attached hydrogens (tertiary/aromatic N) is 5. The van der Waals surface area contributed by atoms with Gasteiger partial charge in [-0.25, -0.2) is 0 Å². The van der Waals surface area contributed by atoms with Crippen LogP contribution < -0.4 is 0 Å². The van der Waals surface area contributed by atoms with Crippen LogP contribution in [0.15, 0.2) is 55.0 Å². The number of carbonyl (C=O) groups excluding carboxylic acids is 2. The van der Waals surface area contributed by atoms with Crippen molar-refractivity contribution in [3.63, 3.8) is 0 Å². The summed E-state index contributed by atoms with van der Waals surface area (Å²) in [5, 5.41) is 5.38. The van der Waals surface area contributed by atoms with Crippen LogP contribution in [0.5, 0.6) is 0 Å². The third kappa shape index (κ3) is 5.12. The molecule has 1 saturated carbocycles. The zero-order valence-corrected chi connectivity index (χ0v) is 19.4. The van der Waals surface area contributed by atoms with Gasteiger partial charge in [-0.1, -0.05) is 43.5 Å². The number of para-hydroxylation sites is 1. The zero-order valence-electron chi connectivity index (χ0n) is 19.4. The molecule has 0 spiro atoms. The van der Waals surface area contributed by atoms with E-state index in [1.54, 1.807) is 28.2 Å². The fraction of sp³-hybridized carbons (Fsp3) is 0.462. The van der Waals surface area contributed by atoms with Crippen molar-refractivity contribution in [1.29, 1.82) is 0 Å². The van der Waals surface area contributed by atoms with Gasteiger partial charge in [0.25, 0.3) is 0 Å². The number of benzene rings is 1. The molecule has 1 aromatic carbocycles. The molecule has 2 fully saturated rings. The monoisotopic (exact) mass is 461 g/mol. The minimum atomic E-state index is -0.258. The quantitative estimate of drug-likeness (QED) is 0.564. The molecule has 1 saturated heterocycles. The highest BCUT2D eigenvalue weighted by atomic mass is 16.5. The Morgan fingerprint density at radius 3 is 2.71 bits per heavy atom. The van der Waals surface area contributed by atoms with E-state index in [0.29, 0.717) is 19.7 Å². The van der Waals surface area contributed by atoms with Crippen molar-refractivity contribution in [1.82, 2.24) is 24.6 Å². The summed E-state index contributed by atoms with van der Waals surface area (Å²) >= 11 is 0. The first kappa shape index (κ1) is 22.5. The standard InChI is InChI=1S/C26H31N5O3/c32-25(18-31-24-11-5-4-8-21(24)14-28-31)29-15-23(34-19-20-7-6-12-27-13-20)16-30(26(33)17-29)22-9-2-1-3-10-22/h4-8,11-14,22-23H,1-3,9-10,15-19H2. The van der Waals surface area contributed by atoms with E-state index in [0.717, 1.165) is 42.1 Å². The van der Waals surface area contributed by atoms with Crippen LogP contribution in [0.3, 0.4) is 0 Å². The van der Waals surface area contributed by atoms with Gasteiger partial charge in [0.2, 0.25) is 11.8 Å². The molecule has 3 heterocycles. The Bertz CT molecular complexity index is 1130. The number of fused-ring (bicyclic) bond motifs is 1. The van der Waals surface area contributed by atoms with E-state index in [1.165, 1.54) is 6.42 Å². The number of amides is 2. The minimum absolute atomic E-state index is 0.0121. The number of hydrogen-bond acceptors (Lipinski definition) is 5. The third-order valence-corrected chi connectivity index (χ3v) is 6.88. The van der Waals surface area contributed by atoms with Gasteiger partial charge >= 0.3 is 0 Å². The lowest BCUT2D eigenvalue weighted by molar-refractivity contribution is -0.140. The smallest absolute Gasteiger partial charge is 0.244 e. The molecule has 178 valence electrons. The number of aromatic nitrogens is 3. The minimum Gasteiger partial charge on any atom is -0.370 e. The summed E-state index contributed by atoms with van der Waals surface area (Å²) in [7, 11) is 0. The molecule has 1 aliphatic carbocycles. The van der Waals surface area contributed by atoms with Crippen molar-refractivity contribution < 1.29 is 14.3 Å². The first-order chi connectivity index (χ1) is 16.7. The Kier molecular flexibility index (Phi) is 6.85. The fourth-order valence-corrected chi connectivity index (χ4v) is 5.06. The van der Waals surface area contributed by atoms with E-state index in [-0.39, 0.29) is 37.0 Å². The highest BCUT2D eigenvalue weighted by Gasteiger charge is 2.35. The number of ether oxygens (including phenoxy) is 1. The molecule has 0 bridgehead atoms. The summed E-state index contributed by atoms with van der Waals surface area (Å²) in [6.07, 6.45) is 10.6.